The van der Waals surface area contributed by atoms with E-state index in [4.69, 9.17) is 4.74 Å². The number of sulfonamides is 1. The average molecular weight is 328 g/mol. The normalized spacial score (nSPS) is 12.9. The van der Waals surface area contributed by atoms with Gasteiger partial charge in [-0.3, -0.25) is 4.79 Å². The van der Waals surface area contributed by atoms with Crippen LogP contribution in [0.5, 0.6) is 0 Å². The lowest BCUT2D eigenvalue weighted by molar-refractivity contribution is -0.121. The number of carbonyl (C=O) groups excluding carboxylic acids is 1. The number of nitrogens with one attached hydrogen (secondary N) is 2. The third kappa shape index (κ3) is 5.75. The summed E-state index contributed by atoms with van der Waals surface area (Å²) in [7, 11) is -2.04. The molecule has 0 radical (unpaired) electrons. The lowest BCUT2D eigenvalue weighted by atomic mass is 10.2. The summed E-state index contributed by atoms with van der Waals surface area (Å²) in [5.41, 5.74) is 1.69. The van der Waals surface area contributed by atoms with Crippen molar-refractivity contribution in [3.8, 4) is 0 Å². The molecule has 1 amide bonds. The Morgan fingerprint density at radius 2 is 2.00 bits per heavy atom. The topological polar surface area (TPSA) is 84.5 Å². The van der Waals surface area contributed by atoms with Crippen molar-refractivity contribution in [3.63, 3.8) is 0 Å². The summed E-state index contributed by atoms with van der Waals surface area (Å²) in [6.07, 6.45) is 0.0815. The van der Waals surface area contributed by atoms with Gasteiger partial charge >= 0.3 is 0 Å². The van der Waals surface area contributed by atoms with Gasteiger partial charge in [0, 0.05) is 26.1 Å². The van der Waals surface area contributed by atoms with E-state index in [9.17, 15) is 13.2 Å². The molecule has 1 aromatic carbocycles. The molecule has 0 aliphatic rings. The zero-order valence-electron chi connectivity index (χ0n) is 13.5. The Morgan fingerprint density at radius 3 is 2.59 bits per heavy atom. The fourth-order valence-electron chi connectivity index (χ4n) is 2.12. The molecule has 0 saturated carbocycles. The van der Waals surface area contributed by atoms with Crippen molar-refractivity contribution >= 4 is 15.9 Å². The fourth-order valence-corrected chi connectivity index (χ4v) is 3.37. The summed E-state index contributed by atoms with van der Waals surface area (Å²) in [6, 6.07) is 5.04. The molecule has 124 valence electrons. The molecule has 0 aliphatic heterocycles. The van der Waals surface area contributed by atoms with E-state index in [1.54, 1.807) is 26.2 Å². The molecule has 0 aliphatic carbocycles. The number of aryl methyl sites for hydroxylation is 2. The van der Waals surface area contributed by atoms with Gasteiger partial charge in [0.2, 0.25) is 15.9 Å². The van der Waals surface area contributed by atoms with E-state index in [-0.39, 0.29) is 29.8 Å². The molecule has 0 heterocycles. The van der Waals surface area contributed by atoms with Crippen LogP contribution in [-0.2, 0) is 19.6 Å². The number of hydrogen-bond donors (Lipinski definition) is 2. The second-order valence-corrected chi connectivity index (χ2v) is 7.08. The van der Waals surface area contributed by atoms with Crippen LogP contribution in [0, 0.1) is 13.8 Å². The first kappa shape index (κ1) is 18.6. The molecule has 0 bridgehead atoms. The summed E-state index contributed by atoms with van der Waals surface area (Å²) in [5, 5.41) is 2.73. The van der Waals surface area contributed by atoms with Crippen LogP contribution in [0.1, 0.15) is 24.5 Å². The second-order valence-electron chi connectivity index (χ2n) is 5.34. The number of carbonyl (C=O) groups is 1. The van der Waals surface area contributed by atoms with Gasteiger partial charge in [0.1, 0.15) is 0 Å². The summed E-state index contributed by atoms with van der Waals surface area (Å²) in [6.45, 7) is 5.95. The zero-order chi connectivity index (χ0) is 16.8. The van der Waals surface area contributed by atoms with E-state index in [1.165, 1.54) is 0 Å². The van der Waals surface area contributed by atoms with Gasteiger partial charge in [0.05, 0.1) is 11.5 Å². The third-order valence-corrected chi connectivity index (χ3v) is 4.71. The molecule has 1 unspecified atom stereocenters. The van der Waals surface area contributed by atoms with Crippen LogP contribution in [0.15, 0.2) is 23.1 Å². The minimum atomic E-state index is -3.60. The number of benzene rings is 1. The molecule has 7 heteroatoms. The van der Waals surface area contributed by atoms with Crippen molar-refractivity contribution in [1.29, 1.82) is 0 Å². The molecule has 22 heavy (non-hydrogen) atoms. The summed E-state index contributed by atoms with van der Waals surface area (Å²) in [4.78, 5) is 11.9. The van der Waals surface area contributed by atoms with E-state index >= 15 is 0 Å². The highest BCUT2D eigenvalue weighted by Crippen LogP contribution is 2.16. The maximum atomic E-state index is 12.2. The van der Waals surface area contributed by atoms with Gasteiger partial charge in [-0.1, -0.05) is 17.7 Å². The molecule has 1 atom stereocenters. The number of methoxy groups -OCH3 is 1. The standard InChI is InChI=1S/C15H24N2O4S/c1-11-5-6-14(12(2)9-11)22(19,20)16-8-7-15(18)17-13(3)10-21-4/h5-6,9,13,16H,7-8,10H2,1-4H3,(H,17,18). The van der Waals surface area contributed by atoms with Gasteiger partial charge < -0.3 is 10.1 Å². The third-order valence-electron chi connectivity index (χ3n) is 3.09. The van der Waals surface area contributed by atoms with E-state index in [1.807, 2.05) is 19.9 Å². The molecular weight excluding hydrogens is 304 g/mol. The largest absolute Gasteiger partial charge is 0.383 e. The Labute approximate surface area is 132 Å². The highest BCUT2D eigenvalue weighted by Gasteiger charge is 2.17. The van der Waals surface area contributed by atoms with Crippen molar-refractivity contribution < 1.29 is 17.9 Å². The van der Waals surface area contributed by atoms with Crippen molar-refractivity contribution in [2.75, 3.05) is 20.3 Å². The lowest BCUT2D eigenvalue weighted by Crippen LogP contribution is -2.37. The van der Waals surface area contributed by atoms with Crippen LogP contribution < -0.4 is 10.0 Å². The quantitative estimate of drug-likeness (QED) is 0.749. The summed E-state index contributed by atoms with van der Waals surface area (Å²) >= 11 is 0. The van der Waals surface area contributed by atoms with Crippen LogP contribution in [-0.4, -0.2) is 40.6 Å². The second kappa shape index (κ2) is 8.26. The van der Waals surface area contributed by atoms with E-state index in [0.717, 1.165) is 5.56 Å². The first-order chi connectivity index (χ1) is 10.3. The number of amides is 1. The van der Waals surface area contributed by atoms with E-state index < -0.39 is 10.0 Å². The number of rotatable bonds is 8. The van der Waals surface area contributed by atoms with Crippen molar-refractivity contribution in [2.45, 2.75) is 38.1 Å². The smallest absolute Gasteiger partial charge is 0.240 e. The molecule has 6 nitrogen and oxygen atoms in total. The van der Waals surface area contributed by atoms with Gasteiger partial charge in [-0.05, 0) is 32.4 Å². The predicted octanol–water partition coefficient (Wildman–Crippen LogP) is 1.12. The fraction of sp³-hybridized carbons (Fsp3) is 0.533. The Morgan fingerprint density at radius 1 is 1.32 bits per heavy atom. The minimum absolute atomic E-state index is 0.0567. The first-order valence-electron chi connectivity index (χ1n) is 7.11. The van der Waals surface area contributed by atoms with Gasteiger partial charge in [0.15, 0.2) is 0 Å². The molecule has 1 aromatic rings. The molecule has 0 spiro atoms. The van der Waals surface area contributed by atoms with Crippen LogP contribution >= 0.6 is 0 Å². The van der Waals surface area contributed by atoms with Gasteiger partial charge in [-0.15, -0.1) is 0 Å². The monoisotopic (exact) mass is 328 g/mol. The van der Waals surface area contributed by atoms with E-state index in [2.05, 4.69) is 10.0 Å². The molecule has 0 aromatic heterocycles. The minimum Gasteiger partial charge on any atom is -0.383 e. The Kier molecular flexibility index (Phi) is 6.99. The highest BCUT2D eigenvalue weighted by atomic mass is 32.2. The summed E-state index contributed by atoms with van der Waals surface area (Å²) in [5.74, 6) is -0.215. The maximum Gasteiger partial charge on any atom is 0.240 e. The Balaban J connectivity index is 2.54. The zero-order valence-corrected chi connectivity index (χ0v) is 14.3. The van der Waals surface area contributed by atoms with Crippen molar-refractivity contribution in [3.05, 3.63) is 29.3 Å². The molecule has 0 fully saturated rings. The van der Waals surface area contributed by atoms with Crippen LogP contribution in [0.2, 0.25) is 0 Å². The predicted molar refractivity (Wildman–Crippen MR) is 85.2 cm³/mol. The number of ether oxygens (including phenoxy) is 1. The van der Waals surface area contributed by atoms with E-state index in [0.29, 0.717) is 12.2 Å². The average Bonchev–Trinajstić information content (AvgIpc) is 2.37. The van der Waals surface area contributed by atoms with Crippen LogP contribution in [0.25, 0.3) is 0 Å². The SMILES string of the molecule is COCC(C)NC(=O)CCNS(=O)(=O)c1ccc(C)cc1C. The lowest BCUT2D eigenvalue weighted by Gasteiger charge is -2.13. The van der Waals surface area contributed by atoms with Gasteiger partial charge in [0.25, 0.3) is 0 Å². The first-order valence-corrected chi connectivity index (χ1v) is 8.60. The van der Waals surface area contributed by atoms with Crippen molar-refractivity contribution in [2.24, 2.45) is 0 Å². The van der Waals surface area contributed by atoms with Gasteiger partial charge in [-0.25, -0.2) is 13.1 Å². The Bertz CT molecular complexity index is 614. The number of hydrogen-bond acceptors (Lipinski definition) is 4. The maximum absolute atomic E-state index is 12.2. The van der Waals surface area contributed by atoms with Crippen LogP contribution in [0.3, 0.4) is 0 Å². The molecule has 1 rings (SSSR count). The van der Waals surface area contributed by atoms with Crippen LogP contribution in [0.4, 0.5) is 0 Å². The molecular formula is C15H24N2O4S. The molecule has 2 N–H and O–H groups in total. The molecule has 0 saturated heterocycles. The highest BCUT2D eigenvalue weighted by molar-refractivity contribution is 7.89. The Hall–Kier alpha value is -1.44. The summed E-state index contributed by atoms with van der Waals surface area (Å²) < 4.78 is 31.8. The van der Waals surface area contributed by atoms with Gasteiger partial charge in [-0.2, -0.15) is 0 Å². The van der Waals surface area contributed by atoms with Crippen molar-refractivity contribution in [1.82, 2.24) is 10.0 Å².